The minimum absolute atomic E-state index is 0. The summed E-state index contributed by atoms with van der Waals surface area (Å²) < 4.78 is 40.0. The van der Waals surface area contributed by atoms with Crippen molar-refractivity contribution in [3.05, 3.63) is 24.3 Å². The van der Waals surface area contributed by atoms with Crippen LogP contribution in [0.25, 0.3) is 0 Å². The molecule has 2 amide bonds. The van der Waals surface area contributed by atoms with Crippen molar-refractivity contribution in [3.8, 4) is 5.75 Å². The van der Waals surface area contributed by atoms with E-state index in [1.807, 2.05) is 4.90 Å². The Hall–Kier alpha value is -1.75. The second kappa shape index (κ2) is 11.2. The molecular weight excluding hydrogens is 412 g/mol. The molecule has 0 unspecified atom stereocenters. The fraction of sp³-hybridized carbons (Fsp3) is 0.467. The van der Waals surface area contributed by atoms with E-state index in [4.69, 9.17) is 5.73 Å². The van der Waals surface area contributed by atoms with Crippen LogP contribution in [0.1, 0.15) is 0 Å². The number of alkyl halides is 3. The highest BCUT2D eigenvalue weighted by molar-refractivity contribution is 5.92. The van der Waals surface area contributed by atoms with Crippen LogP contribution >= 0.6 is 24.8 Å². The Morgan fingerprint density at radius 2 is 1.63 bits per heavy atom. The van der Waals surface area contributed by atoms with Gasteiger partial charge >= 0.3 is 6.36 Å². The quantitative estimate of drug-likeness (QED) is 0.735. The number of hydrogen-bond donors (Lipinski definition) is 2. The molecule has 1 aliphatic heterocycles. The monoisotopic (exact) mass is 432 g/mol. The first-order chi connectivity index (χ1) is 11.8. The first-order valence-corrected chi connectivity index (χ1v) is 7.62. The van der Waals surface area contributed by atoms with Crippen LogP contribution in [-0.2, 0) is 9.59 Å². The number of ether oxygens (including phenoxy) is 1. The van der Waals surface area contributed by atoms with E-state index in [9.17, 15) is 22.8 Å². The molecule has 0 atom stereocenters. The number of carbonyl (C=O) groups excluding carboxylic acids is 2. The van der Waals surface area contributed by atoms with Gasteiger partial charge in [-0.3, -0.25) is 14.5 Å². The summed E-state index contributed by atoms with van der Waals surface area (Å²) >= 11 is 0. The van der Waals surface area contributed by atoms with Crippen LogP contribution < -0.4 is 15.8 Å². The highest BCUT2D eigenvalue weighted by atomic mass is 35.5. The summed E-state index contributed by atoms with van der Waals surface area (Å²) in [6.45, 7) is 2.22. The summed E-state index contributed by atoms with van der Waals surface area (Å²) in [4.78, 5) is 27.0. The topological polar surface area (TPSA) is 87.9 Å². The lowest BCUT2D eigenvalue weighted by Gasteiger charge is -2.34. The van der Waals surface area contributed by atoms with E-state index in [-0.39, 0.29) is 55.5 Å². The number of benzene rings is 1. The Morgan fingerprint density at radius 3 is 2.11 bits per heavy atom. The number of amides is 2. The molecule has 0 aromatic heterocycles. The van der Waals surface area contributed by atoms with Crippen molar-refractivity contribution in [2.75, 3.05) is 44.6 Å². The highest BCUT2D eigenvalue weighted by Gasteiger charge is 2.31. The van der Waals surface area contributed by atoms with Crippen molar-refractivity contribution in [2.24, 2.45) is 5.73 Å². The molecule has 154 valence electrons. The number of anilines is 1. The molecule has 1 aliphatic rings. The molecule has 27 heavy (non-hydrogen) atoms. The van der Waals surface area contributed by atoms with Gasteiger partial charge in [0.15, 0.2) is 0 Å². The summed E-state index contributed by atoms with van der Waals surface area (Å²) in [5.41, 5.74) is 5.68. The third-order valence-corrected chi connectivity index (χ3v) is 3.64. The fourth-order valence-corrected chi connectivity index (χ4v) is 2.43. The summed E-state index contributed by atoms with van der Waals surface area (Å²) in [6, 6.07) is 4.91. The summed E-state index contributed by atoms with van der Waals surface area (Å²) in [6.07, 6.45) is -4.75. The SMILES string of the molecule is Cl.Cl.NCC(=O)N1CCN(CC(=O)Nc2ccc(OC(F)(F)F)cc2)CC1. The Labute approximate surface area is 166 Å². The lowest BCUT2D eigenvalue weighted by Crippen LogP contribution is -2.51. The lowest BCUT2D eigenvalue weighted by molar-refractivity contribution is -0.274. The molecule has 0 radical (unpaired) electrons. The summed E-state index contributed by atoms with van der Waals surface area (Å²) in [7, 11) is 0. The number of carbonyl (C=O) groups is 2. The Balaban J connectivity index is 0.00000338. The Bertz CT molecular complexity index is 609. The Morgan fingerprint density at radius 1 is 1.07 bits per heavy atom. The molecule has 1 fully saturated rings. The van der Waals surface area contributed by atoms with Gasteiger partial charge in [-0.2, -0.15) is 0 Å². The molecule has 0 spiro atoms. The van der Waals surface area contributed by atoms with Gasteiger partial charge in [0.1, 0.15) is 5.75 Å². The molecule has 1 aromatic carbocycles. The van der Waals surface area contributed by atoms with Gasteiger partial charge in [-0.05, 0) is 24.3 Å². The Kier molecular flexibility index (Phi) is 10.5. The standard InChI is InChI=1S/C15H19F3N4O3.2ClH/c16-15(17,18)25-12-3-1-11(2-4-12)20-13(23)10-21-5-7-22(8-6-21)14(24)9-19;;/h1-4H,5-10,19H2,(H,20,23);2*1H. The van der Waals surface area contributed by atoms with Gasteiger partial charge in [0.25, 0.3) is 0 Å². The van der Waals surface area contributed by atoms with E-state index >= 15 is 0 Å². The summed E-state index contributed by atoms with van der Waals surface area (Å²) in [5.74, 6) is -0.764. The van der Waals surface area contributed by atoms with Crippen LogP contribution in [0.3, 0.4) is 0 Å². The van der Waals surface area contributed by atoms with Crippen LogP contribution in [0.4, 0.5) is 18.9 Å². The highest BCUT2D eigenvalue weighted by Crippen LogP contribution is 2.23. The van der Waals surface area contributed by atoms with Gasteiger partial charge in [-0.15, -0.1) is 38.0 Å². The zero-order valence-electron chi connectivity index (χ0n) is 14.2. The van der Waals surface area contributed by atoms with Crippen LogP contribution in [0.15, 0.2) is 24.3 Å². The van der Waals surface area contributed by atoms with Crippen molar-refractivity contribution >= 4 is 42.3 Å². The van der Waals surface area contributed by atoms with Gasteiger partial charge in [0.2, 0.25) is 11.8 Å². The summed E-state index contributed by atoms with van der Waals surface area (Å²) in [5, 5.41) is 2.61. The van der Waals surface area contributed by atoms with E-state index in [1.54, 1.807) is 4.90 Å². The smallest absolute Gasteiger partial charge is 0.406 e. The second-order valence-electron chi connectivity index (χ2n) is 5.48. The van der Waals surface area contributed by atoms with Crippen LogP contribution in [0.5, 0.6) is 5.75 Å². The van der Waals surface area contributed by atoms with Crippen molar-refractivity contribution in [1.82, 2.24) is 9.80 Å². The molecule has 2 rings (SSSR count). The van der Waals surface area contributed by atoms with Gasteiger partial charge in [0, 0.05) is 31.9 Å². The number of nitrogens with zero attached hydrogens (tertiary/aromatic N) is 2. The normalized spacial score (nSPS) is 14.6. The molecule has 0 bridgehead atoms. The predicted octanol–water partition coefficient (Wildman–Crippen LogP) is 1.47. The van der Waals surface area contributed by atoms with Crippen LogP contribution in [0.2, 0.25) is 0 Å². The van der Waals surface area contributed by atoms with Crippen molar-refractivity contribution in [3.63, 3.8) is 0 Å². The maximum absolute atomic E-state index is 12.1. The predicted molar refractivity (Wildman–Crippen MR) is 98.3 cm³/mol. The maximum Gasteiger partial charge on any atom is 0.573 e. The average molecular weight is 433 g/mol. The van der Waals surface area contributed by atoms with Crippen molar-refractivity contribution in [1.29, 1.82) is 0 Å². The minimum atomic E-state index is -4.75. The van der Waals surface area contributed by atoms with Gasteiger partial charge in [-0.25, -0.2) is 0 Å². The number of halogens is 5. The zero-order chi connectivity index (χ0) is 18.4. The average Bonchev–Trinajstić information content (AvgIpc) is 2.55. The third-order valence-electron chi connectivity index (χ3n) is 3.64. The number of rotatable bonds is 5. The molecule has 1 aromatic rings. The minimum Gasteiger partial charge on any atom is -0.406 e. The molecular formula is C15H21Cl2F3N4O3. The molecule has 7 nitrogen and oxygen atoms in total. The number of nitrogens with two attached hydrogens (primary N) is 1. The lowest BCUT2D eigenvalue weighted by atomic mass is 10.3. The van der Waals surface area contributed by atoms with E-state index < -0.39 is 6.36 Å². The van der Waals surface area contributed by atoms with E-state index in [0.717, 1.165) is 12.1 Å². The van der Waals surface area contributed by atoms with Crippen molar-refractivity contribution < 1.29 is 27.5 Å². The van der Waals surface area contributed by atoms with Gasteiger partial charge in [0.05, 0.1) is 13.1 Å². The second-order valence-corrected chi connectivity index (χ2v) is 5.48. The first-order valence-electron chi connectivity index (χ1n) is 7.62. The number of nitrogens with one attached hydrogen (secondary N) is 1. The van der Waals surface area contributed by atoms with Gasteiger partial charge < -0.3 is 20.7 Å². The van der Waals surface area contributed by atoms with Crippen LogP contribution in [0, 0.1) is 0 Å². The molecule has 1 saturated heterocycles. The van der Waals surface area contributed by atoms with Crippen LogP contribution in [-0.4, -0.2) is 67.2 Å². The fourth-order valence-electron chi connectivity index (χ4n) is 2.43. The van der Waals surface area contributed by atoms with Crippen molar-refractivity contribution in [2.45, 2.75) is 6.36 Å². The number of hydrogen-bond acceptors (Lipinski definition) is 5. The third kappa shape index (κ3) is 8.65. The van der Waals surface area contributed by atoms with Gasteiger partial charge in [-0.1, -0.05) is 0 Å². The van der Waals surface area contributed by atoms with E-state index in [1.165, 1.54) is 12.1 Å². The maximum atomic E-state index is 12.1. The number of piperazine rings is 1. The van der Waals surface area contributed by atoms with E-state index in [2.05, 4.69) is 10.1 Å². The largest absolute Gasteiger partial charge is 0.573 e. The molecule has 3 N–H and O–H groups in total. The zero-order valence-corrected chi connectivity index (χ0v) is 15.8. The molecule has 1 heterocycles. The molecule has 12 heteroatoms. The van der Waals surface area contributed by atoms with E-state index in [0.29, 0.717) is 31.9 Å². The molecule has 0 aliphatic carbocycles. The molecule has 0 saturated carbocycles. The first kappa shape index (κ1) is 25.2.